The number of phosphoric ester groups is 1. The average Bonchev–Trinajstić information content (AvgIpc) is 3.23. The topological polar surface area (TPSA) is 108 Å². The third-order valence-electron chi connectivity index (χ3n) is 12.2. The maximum atomic E-state index is 12.9. The summed E-state index contributed by atoms with van der Waals surface area (Å²) in [7, 11) is 1.31. The zero-order valence-corrected chi connectivity index (χ0v) is 42.7. The van der Waals surface area contributed by atoms with Gasteiger partial charge in [0, 0.05) is 6.42 Å². The number of nitrogens with zero attached hydrogens (tertiary/aromatic N) is 1. The third-order valence-corrected chi connectivity index (χ3v) is 13.2. The van der Waals surface area contributed by atoms with E-state index >= 15 is 0 Å². The number of rotatable bonds is 49. The molecule has 368 valence electrons. The first-order valence-corrected chi connectivity index (χ1v) is 28.1. The number of hydrogen-bond acceptors (Lipinski definition) is 6. The Morgan fingerprint density at radius 3 is 1.34 bits per heavy atom. The summed E-state index contributed by atoms with van der Waals surface area (Å²) in [5.41, 5.74) is 0. The number of phosphoric acid groups is 1. The van der Waals surface area contributed by atoms with Crippen molar-refractivity contribution in [2.75, 3.05) is 40.9 Å². The van der Waals surface area contributed by atoms with E-state index < -0.39 is 20.0 Å². The SMILES string of the molecule is CCCCCCC/C=C\C/C=C\CCCCCCCCCCCCCCCCCC(=O)NC(COP(=O)([O-])OCC[N+](C)(C)C)C(O)CCCCCCCCCCCCCCC. The van der Waals surface area contributed by atoms with Crippen molar-refractivity contribution >= 4 is 13.7 Å². The lowest BCUT2D eigenvalue weighted by Crippen LogP contribution is -2.46. The minimum Gasteiger partial charge on any atom is -0.756 e. The van der Waals surface area contributed by atoms with Gasteiger partial charge in [-0.2, -0.15) is 0 Å². The second-order valence-electron chi connectivity index (χ2n) is 19.6. The zero-order valence-electron chi connectivity index (χ0n) is 41.8. The minimum absolute atomic E-state index is 0.0137. The van der Waals surface area contributed by atoms with E-state index in [4.69, 9.17) is 9.05 Å². The van der Waals surface area contributed by atoms with Gasteiger partial charge in [0.05, 0.1) is 39.9 Å². The Bertz CT molecular complexity index is 1060. The maximum absolute atomic E-state index is 12.9. The molecule has 62 heavy (non-hydrogen) atoms. The summed E-state index contributed by atoms with van der Waals surface area (Å²) in [6.07, 6.45) is 54.8. The van der Waals surface area contributed by atoms with Crippen molar-refractivity contribution in [1.29, 1.82) is 0 Å². The van der Waals surface area contributed by atoms with Gasteiger partial charge in [-0.25, -0.2) is 0 Å². The number of unbranched alkanes of at least 4 members (excludes halogenated alkanes) is 32. The fourth-order valence-corrected chi connectivity index (χ4v) is 8.68. The highest BCUT2D eigenvalue weighted by atomic mass is 31.2. The van der Waals surface area contributed by atoms with Crippen molar-refractivity contribution in [3.05, 3.63) is 24.3 Å². The lowest BCUT2D eigenvalue weighted by atomic mass is 10.0. The minimum atomic E-state index is -4.56. The number of allylic oxidation sites excluding steroid dienone is 4. The van der Waals surface area contributed by atoms with Gasteiger partial charge in [0.15, 0.2) is 0 Å². The van der Waals surface area contributed by atoms with Crippen LogP contribution >= 0.6 is 7.82 Å². The summed E-state index contributed by atoms with van der Waals surface area (Å²) in [6.45, 7) is 4.73. The van der Waals surface area contributed by atoms with Crippen LogP contribution in [0.2, 0.25) is 0 Å². The number of aliphatic hydroxyl groups excluding tert-OH is 1. The highest BCUT2D eigenvalue weighted by Crippen LogP contribution is 2.38. The van der Waals surface area contributed by atoms with Gasteiger partial charge in [-0.1, -0.05) is 231 Å². The van der Waals surface area contributed by atoms with Crippen LogP contribution in [0.4, 0.5) is 0 Å². The molecule has 3 unspecified atom stereocenters. The van der Waals surface area contributed by atoms with E-state index in [1.54, 1.807) is 0 Å². The van der Waals surface area contributed by atoms with Gasteiger partial charge >= 0.3 is 0 Å². The van der Waals surface area contributed by atoms with E-state index in [9.17, 15) is 19.4 Å². The first kappa shape index (κ1) is 61.0. The predicted octanol–water partition coefficient (Wildman–Crippen LogP) is 15.0. The monoisotopic (exact) mass is 897 g/mol. The molecule has 0 fully saturated rings. The Balaban J connectivity index is 4.10. The van der Waals surface area contributed by atoms with Crippen LogP contribution in [-0.4, -0.2) is 68.5 Å². The number of aliphatic hydroxyl groups is 1. The van der Waals surface area contributed by atoms with Crippen LogP contribution in [-0.2, 0) is 18.4 Å². The van der Waals surface area contributed by atoms with E-state index in [1.165, 1.54) is 186 Å². The molecule has 0 aromatic rings. The third kappa shape index (κ3) is 47.0. The Hall–Kier alpha value is -1.02. The van der Waals surface area contributed by atoms with Crippen LogP contribution in [0.15, 0.2) is 24.3 Å². The van der Waals surface area contributed by atoms with Gasteiger partial charge in [-0.15, -0.1) is 0 Å². The summed E-state index contributed by atoms with van der Waals surface area (Å²) in [6, 6.07) is -0.797. The number of likely N-dealkylation sites (N-methyl/N-ethyl adjacent to an activating group) is 1. The van der Waals surface area contributed by atoms with Gasteiger partial charge in [0.2, 0.25) is 5.91 Å². The summed E-state index contributed by atoms with van der Waals surface area (Å²) in [4.78, 5) is 25.4. The Morgan fingerprint density at radius 1 is 0.565 bits per heavy atom. The summed E-state index contributed by atoms with van der Waals surface area (Å²) in [5, 5.41) is 14.0. The number of hydrogen-bond donors (Lipinski definition) is 2. The van der Waals surface area contributed by atoms with Crippen LogP contribution in [0.25, 0.3) is 0 Å². The predicted molar refractivity (Wildman–Crippen MR) is 265 cm³/mol. The molecule has 0 bridgehead atoms. The first-order valence-electron chi connectivity index (χ1n) is 26.7. The van der Waals surface area contributed by atoms with Crippen molar-refractivity contribution < 1.29 is 32.9 Å². The smallest absolute Gasteiger partial charge is 0.268 e. The van der Waals surface area contributed by atoms with Crippen LogP contribution in [0.3, 0.4) is 0 Å². The van der Waals surface area contributed by atoms with Crippen molar-refractivity contribution in [1.82, 2.24) is 5.32 Å². The van der Waals surface area contributed by atoms with E-state index in [1.807, 2.05) is 21.1 Å². The molecule has 1 amide bonds. The molecule has 0 spiro atoms. The van der Waals surface area contributed by atoms with Gasteiger partial charge in [0.1, 0.15) is 13.2 Å². The van der Waals surface area contributed by atoms with Crippen LogP contribution < -0.4 is 10.2 Å². The average molecular weight is 897 g/mol. The molecule has 0 saturated carbocycles. The molecular formula is C53H105N2O6P. The van der Waals surface area contributed by atoms with E-state index in [-0.39, 0.29) is 19.1 Å². The standard InChI is InChI=1S/C53H105N2O6P/c1-6-8-10-12-14-16-18-20-21-22-23-24-25-26-27-28-29-30-31-32-33-35-37-39-41-43-45-47-53(57)54-51(50-61-62(58,59)60-49-48-55(3,4)5)52(56)46-44-42-40-38-36-34-19-17-15-13-11-9-7-2/h18,20,22-23,51-52,56H,6-17,19,21,24-50H2,1-5H3,(H-,54,57,58,59)/b20-18-,23-22-. The van der Waals surface area contributed by atoms with Crippen molar-refractivity contribution in [3.63, 3.8) is 0 Å². The molecule has 0 rings (SSSR count). The molecule has 0 aromatic heterocycles. The number of quaternary nitrogens is 1. The van der Waals surface area contributed by atoms with Crippen molar-refractivity contribution in [2.24, 2.45) is 0 Å². The summed E-state index contributed by atoms with van der Waals surface area (Å²) in [5.74, 6) is -0.163. The fourth-order valence-electron chi connectivity index (χ4n) is 7.95. The normalized spacial score (nSPS) is 14.2. The first-order chi connectivity index (χ1) is 30.0. The van der Waals surface area contributed by atoms with Crippen LogP contribution in [0.5, 0.6) is 0 Å². The lowest BCUT2D eigenvalue weighted by molar-refractivity contribution is -0.870. The Labute approximate surface area is 385 Å². The van der Waals surface area contributed by atoms with Crippen LogP contribution in [0, 0.1) is 0 Å². The second-order valence-corrected chi connectivity index (χ2v) is 21.0. The van der Waals surface area contributed by atoms with E-state index in [0.717, 1.165) is 44.9 Å². The molecule has 9 heteroatoms. The molecule has 0 radical (unpaired) electrons. The molecular weight excluding hydrogens is 792 g/mol. The number of amides is 1. The maximum Gasteiger partial charge on any atom is 0.268 e. The largest absolute Gasteiger partial charge is 0.756 e. The van der Waals surface area contributed by atoms with Gasteiger partial charge in [-0.3, -0.25) is 9.36 Å². The Kier molecular flexibility index (Phi) is 44.4. The zero-order chi connectivity index (χ0) is 45.7. The molecule has 8 nitrogen and oxygen atoms in total. The second kappa shape index (κ2) is 45.1. The number of carbonyl (C=O) groups excluding carboxylic acids is 1. The Morgan fingerprint density at radius 2 is 0.935 bits per heavy atom. The van der Waals surface area contributed by atoms with Gasteiger partial charge in [0.25, 0.3) is 7.82 Å². The van der Waals surface area contributed by atoms with Crippen molar-refractivity contribution in [3.8, 4) is 0 Å². The molecule has 3 atom stereocenters. The molecule has 0 heterocycles. The van der Waals surface area contributed by atoms with Crippen LogP contribution in [0.1, 0.15) is 258 Å². The van der Waals surface area contributed by atoms with E-state index in [0.29, 0.717) is 23.9 Å². The highest BCUT2D eigenvalue weighted by molar-refractivity contribution is 7.45. The highest BCUT2D eigenvalue weighted by Gasteiger charge is 2.24. The molecule has 0 aliphatic rings. The molecule has 0 aliphatic heterocycles. The number of carbonyl (C=O) groups is 1. The molecule has 0 aromatic carbocycles. The van der Waals surface area contributed by atoms with E-state index in [2.05, 4.69) is 43.5 Å². The summed E-state index contributed by atoms with van der Waals surface area (Å²) < 4.78 is 23.3. The molecule has 0 aliphatic carbocycles. The number of nitrogens with one attached hydrogen (secondary N) is 1. The summed E-state index contributed by atoms with van der Waals surface area (Å²) >= 11 is 0. The van der Waals surface area contributed by atoms with Crippen molar-refractivity contribution in [2.45, 2.75) is 270 Å². The lowest BCUT2D eigenvalue weighted by Gasteiger charge is -2.30. The molecule has 2 N–H and O–H groups in total. The quantitative estimate of drug-likeness (QED) is 0.0273. The fraction of sp³-hybridized carbons (Fsp3) is 0.906. The van der Waals surface area contributed by atoms with Gasteiger partial charge in [-0.05, 0) is 44.9 Å². The molecule has 0 saturated heterocycles. The van der Waals surface area contributed by atoms with Gasteiger partial charge < -0.3 is 28.8 Å².